The maximum absolute atomic E-state index is 12.8. The normalized spacial score (nSPS) is 15.4. The first-order chi connectivity index (χ1) is 14.3. The Kier molecular flexibility index (Phi) is 17.0. The van der Waals surface area contributed by atoms with E-state index < -0.39 is 5.97 Å². The second kappa shape index (κ2) is 17.6. The summed E-state index contributed by atoms with van der Waals surface area (Å²) in [5.74, 6) is -0.00198. The number of hydrogen-bond acceptors (Lipinski definition) is 3. The Morgan fingerprint density at radius 1 is 0.733 bits per heavy atom. The predicted molar refractivity (Wildman–Crippen MR) is 126 cm³/mol. The van der Waals surface area contributed by atoms with Crippen molar-refractivity contribution in [2.45, 2.75) is 143 Å². The van der Waals surface area contributed by atoms with Gasteiger partial charge in [0.1, 0.15) is 5.60 Å². The van der Waals surface area contributed by atoms with Crippen molar-refractivity contribution in [3.63, 3.8) is 0 Å². The molecule has 30 heavy (non-hydrogen) atoms. The summed E-state index contributed by atoms with van der Waals surface area (Å²) in [6.07, 6.45) is 15.7. The lowest BCUT2D eigenvalue weighted by atomic mass is 9.72. The summed E-state index contributed by atoms with van der Waals surface area (Å²) in [6.45, 7) is 11.2. The molecule has 0 aliphatic carbocycles. The molecule has 0 aromatic carbocycles. The zero-order valence-corrected chi connectivity index (χ0v) is 20.6. The van der Waals surface area contributed by atoms with Gasteiger partial charge in [-0.15, -0.1) is 0 Å². The summed E-state index contributed by atoms with van der Waals surface area (Å²) < 4.78 is 6.32. The van der Waals surface area contributed by atoms with Crippen molar-refractivity contribution in [3.05, 3.63) is 0 Å². The largest absolute Gasteiger partial charge is 0.481 e. The first-order valence-electron chi connectivity index (χ1n) is 12.8. The van der Waals surface area contributed by atoms with Crippen molar-refractivity contribution in [3.8, 4) is 0 Å². The monoisotopic (exact) mass is 426 g/mol. The topological polar surface area (TPSA) is 63.6 Å². The third kappa shape index (κ3) is 12.0. The van der Waals surface area contributed by atoms with Crippen LogP contribution >= 0.6 is 0 Å². The molecule has 4 heteroatoms. The number of carbonyl (C=O) groups excluding carboxylic acids is 1. The fourth-order valence-electron chi connectivity index (χ4n) is 4.44. The molecule has 0 saturated carbocycles. The van der Waals surface area contributed by atoms with Crippen LogP contribution in [0.5, 0.6) is 0 Å². The van der Waals surface area contributed by atoms with Crippen LogP contribution < -0.4 is 0 Å². The average Bonchev–Trinajstić information content (AvgIpc) is 2.73. The highest BCUT2D eigenvalue weighted by Gasteiger charge is 2.42. The highest BCUT2D eigenvalue weighted by molar-refractivity contribution is 5.70. The van der Waals surface area contributed by atoms with Gasteiger partial charge in [-0.3, -0.25) is 9.59 Å². The van der Waals surface area contributed by atoms with E-state index >= 15 is 0 Å². The number of aliphatic carboxylic acids is 1. The molecular formula is C26H50O4. The molecule has 0 heterocycles. The van der Waals surface area contributed by atoms with Crippen LogP contribution in [0.4, 0.5) is 0 Å². The Hall–Kier alpha value is -1.06. The Morgan fingerprint density at radius 3 is 1.70 bits per heavy atom. The number of carboxylic acid groups (broad SMARTS) is 1. The molecule has 4 nitrogen and oxygen atoms in total. The number of carboxylic acids is 1. The standard InChI is InChI=1S/C26H50O4/c1-6-9-10-15-18-21-26(22(4)7-2,23(5)8-3)30-25(29)20-17-14-12-11-13-16-19-24(27)28/h22-23H,6-21H2,1-5H3,(H,27,28). The van der Waals surface area contributed by atoms with Crippen molar-refractivity contribution < 1.29 is 19.4 Å². The molecule has 0 rings (SSSR count). The van der Waals surface area contributed by atoms with Crippen LogP contribution in [-0.2, 0) is 14.3 Å². The highest BCUT2D eigenvalue weighted by atomic mass is 16.6. The van der Waals surface area contributed by atoms with Crippen molar-refractivity contribution in [2.75, 3.05) is 0 Å². The van der Waals surface area contributed by atoms with E-state index in [1.165, 1.54) is 25.7 Å². The summed E-state index contributed by atoms with van der Waals surface area (Å²) in [6, 6.07) is 0. The van der Waals surface area contributed by atoms with Gasteiger partial charge in [0.25, 0.3) is 0 Å². The van der Waals surface area contributed by atoms with Crippen molar-refractivity contribution in [1.29, 1.82) is 0 Å². The Morgan fingerprint density at radius 2 is 1.20 bits per heavy atom. The van der Waals surface area contributed by atoms with Gasteiger partial charge in [0.2, 0.25) is 0 Å². The maximum atomic E-state index is 12.8. The fraction of sp³-hybridized carbons (Fsp3) is 0.923. The molecule has 0 bridgehead atoms. The SMILES string of the molecule is CCCCCCCC(OC(=O)CCCCCCCCC(=O)O)(C(C)CC)C(C)CC. The van der Waals surface area contributed by atoms with Crippen LogP contribution in [0.25, 0.3) is 0 Å². The van der Waals surface area contributed by atoms with E-state index in [2.05, 4.69) is 34.6 Å². The fourth-order valence-corrected chi connectivity index (χ4v) is 4.44. The molecule has 0 saturated heterocycles. The van der Waals surface area contributed by atoms with Gasteiger partial charge < -0.3 is 9.84 Å². The van der Waals surface area contributed by atoms with Gasteiger partial charge in [-0.2, -0.15) is 0 Å². The smallest absolute Gasteiger partial charge is 0.306 e. The van der Waals surface area contributed by atoms with Gasteiger partial charge in [0.05, 0.1) is 0 Å². The maximum Gasteiger partial charge on any atom is 0.306 e. The number of rotatable bonds is 20. The Balaban J connectivity index is 4.57. The molecule has 0 aromatic heterocycles. The van der Waals surface area contributed by atoms with Crippen LogP contribution in [0.15, 0.2) is 0 Å². The molecule has 178 valence electrons. The van der Waals surface area contributed by atoms with Crippen LogP contribution in [0, 0.1) is 11.8 Å². The number of unbranched alkanes of at least 4 members (excludes halogenated alkanes) is 9. The molecule has 0 aliphatic heterocycles. The number of carbonyl (C=O) groups is 2. The number of hydrogen-bond donors (Lipinski definition) is 1. The third-order valence-corrected chi connectivity index (χ3v) is 6.89. The van der Waals surface area contributed by atoms with E-state index in [1.807, 2.05) is 0 Å². The minimum atomic E-state index is -0.714. The second-order valence-electron chi connectivity index (χ2n) is 9.23. The zero-order chi connectivity index (χ0) is 22.8. The molecule has 1 N–H and O–H groups in total. The lowest BCUT2D eigenvalue weighted by Crippen LogP contribution is -2.47. The van der Waals surface area contributed by atoms with E-state index in [0.717, 1.165) is 64.2 Å². The zero-order valence-electron chi connectivity index (χ0n) is 20.6. The molecule has 2 unspecified atom stereocenters. The minimum Gasteiger partial charge on any atom is -0.481 e. The van der Waals surface area contributed by atoms with Gasteiger partial charge in [0, 0.05) is 12.8 Å². The van der Waals surface area contributed by atoms with Gasteiger partial charge in [-0.05, 0) is 50.4 Å². The van der Waals surface area contributed by atoms with Crippen molar-refractivity contribution in [1.82, 2.24) is 0 Å². The van der Waals surface area contributed by atoms with E-state index in [0.29, 0.717) is 18.3 Å². The van der Waals surface area contributed by atoms with Crippen molar-refractivity contribution in [2.24, 2.45) is 11.8 Å². The molecular weight excluding hydrogens is 376 g/mol. The Labute approximate surface area is 186 Å². The van der Waals surface area contributed by atoms with E-state index in [4.69, 9.17) is 9.84 Å². The number of ether oxygens (including phenoxy) is 1. The van der Waals surface area contributed by atoms with Crippen LogP contribution in [-0.4, -0.2) is 22.6 Å². The van der Waals surface area contributed by atoms with Gasteiger partial charge in [-0.25, -0.2) is 0 Å². The number of esters is 1. The summed E-state index contributed by atoms with van der Waals surface area (Å²) in [5.41, 5.74) is -0.330. The first kappa shape index (κ1) is 28.9. The van der Waals surface area contributed by atoms with Gasteiger partial charge in [0.15, 0.2) is 0 Å². The highest BCUT2D eigenvalue weighted by Crippen LogP contribution is 2.39. The molecule has 0 fully saturated rings. The predicted octanol–water partition coefficient (Wildman–Crippen LogP) is 7.93. The summed E-state index contributed by atoms with van der Waals surface area (Å²) in [7, 11) is 0. The van der Waals surface area contributed by atoms with Crippen LogP contribution in [0.2, 0.25) is 0 Å². The summed E-state index contributed by atoms with van der Waals surface area (Å²) in [4.78, 5) is 23.3. The van der Waals surface area contributed by atoms with Gasteiger partial charge >= 0.3 is 11.9 Å². The van der Waals surface area contributed by atoms with E-state index in [9.17, 15) is 9.59 Å². The molecule has 0 amide bonds. The second-order valence-corrected chi connectivity index (χ2v) is 9.23. The minimum absolute atomic E-state index is 0.0324. The van der Waals surface area contributed by atoms with Gasteiger partial charge in [-0.1, -0.05) is 86.0 Å². The molecule has 0 aliphatic rings. The molecule has 0 radical (unpaired) electrons. The molecule has 0 spiro atoms. The summed E-state index contributed by atoms with van der Waals surface area (Å²) in [5, 5.41) is 8.66. The van der Waals surface area contributed by atoms with Crippen LogP contribution in [0.1, 0.15) is 137 Å². The third-order valence-electron chi connectivity index (χ3n) is 6.89. The van der Waals surface area contributed by atoms with Crippen molar-refractivity contribution >= 4 is 11.9 Å². The lowest BCUT2D eigenvalue weighted by Gasteiger charge is -2.43. The van der Waals surface area contributed by atoms with Crippen LogP contribution in [0.3, 0.4) is 0 Å². The average molecular weight is 427 g/mol. The Bertz CT molecular complexity index is 436. The van der Waals surface area contributed by atoms with E-state index in [1.54, 1.807) is 0 Å². The quantitative estimate of drug-likeness (QED) is 0.158. The lowest BCUT2D eigenvalue weighted by molar-refractivity contribution is -0.176. The summed E-state index contributed by atoms with van der Waals surface area (Å²) >= 11 is 0. The molecule has 0 aromatic rings. The molecule has 2 atom stereocenters. The first-order valence-corrected chi connectivity index (χ1v) is 12.8. The van der Waals surface area contributed by atoms with E-state index in [-0.39, 0.29) is 18.0 Å².